The maximum absolute atomic E-state index is 11.8. The normalized spacial score (nSPS) is 23.3. The minimum absolute atomic E-state index is 0.401. The van der Waals surface area contributed by atoms with Crippen molar-refractivity contribution in [1.29, 1.82) is 0 Å². The van der Waals surface area contributed by atoms with Gasteiger partial charge in [-0.3, -0.25) is 4.79 Å². The number of fused-ring (bicyclic) bond motifs is 1. The first kappa shape index (κ1) is 17.3. The van der Waals surface area contributed by atoms with Crippen LogP contribution in [0.15, 0.2) is 48.5 Å². The highest BCUT2D eigenvalue weighted by molar-refractivity contribution is 6.64. The van der Waals surface area contributed by atoms with Gasteiger partial charge in [-0.05, 0) is 40.8 Å². The Morgan fingerprint density at radius 3 is 2.38 bits per heavy atom. The highest BCUT2D eigenvalue weighted by Crippen LogP contribution is 2.54. The van der Waals surface area contributed by atoms with Gasteiger partial charge in [0.05, 0.1) is 0 Å². The molecular formula is C19H18Cl2O3. The van der Waals surface area contributed by atoms with Crippen LogP contribution in [0.5, 0.6) is 5.75 Å². The third kappa shape index (κ3) is 2.71. The predicted octanol–water partition coefficient (Wildman–Crippen LogP) is 5.13. The molecule has 24 heavy (non-hydrogen) atoms. The van der Waals surface area contributed by atoms with Crippen LogP contribution in [-0.4, -0.2) is 11.5 Å². The van der Waals surface area contributed by atoms with Crippen molar-refractivity contribution >= 4 is 28.4 Å². The molecule has 0 fully saturated rings. The van der Waals surface area contributed by atoms with Crippen LogP contribution in [0.1, 0.15) is 31.9 Å². The Morgan fingerprint density at radius 2 is 1.79 bits per heavy atom. The average Bonchev–Trinajstić information content (AvgIpc) is 2.53. The molecule has 1 heterocycles. The van der Waals surface area contributed by atoms with Crippen molar-refractivity contribution in [2.45, 2.75) is 32.7 Å². The highest BCUT2D eigenvalue weighted by atomic mass is 35.5. The van der Waals surface area contributed by atoms with Gasteiger partial charge in [0.1, 0.15) is 11.4 Å². The molecule has 5 heteroatoms. The number of carbonyl (C=O) groups excluding carboxylic acids is 1. The SMILES string of the molecule is CC(C)(C)C1(c2ccccc2)OC(C(=O)Cl)Oc2ccc(Cl)cc21. The van der Waals surface area contributed by atoms with Crippen LogP contribution in [0, 0.1) is 5.41 Å². The van der Waals surface area contributed by atoms with Gasteiger partial charge in [-0.15, -0.1) is 0 Å². The Bertz CT molecular complexity index is 768. The molecule has 0 aromatic heterocycles. The molecule has 0 N–H and O–H groups in total. The van der Waals surface area contributed by atoms with E-state index in [1.165, 1.54) is 0 Å². The molecule has 0 bridgehead atoms. The zero-order chi connectivity index (χ0) is 17.5. The summed E-state index contributed by atoms with van der Waals surface area (Å²) in [6.45, 7) is 6.14. The summed E-state index contributed by atoms with van der Waals surface area (Å²) in [5, 5.41) is -0.124. The third-order valence-corrected chi connectivity index (χ3v) is 4.67. The first-order valence-electron chi connectivity index (χ1n) is 7.65. The topological polar surface area (TPSA) is 35.5 Å². The van der Waals surface area contributed by atoms with Gasteiger partial charge in [0, 0.05) is 10.6 Å². The van der Waals surface area contributed by atoms with Crippen molar-refractivity contribution in [1.82, 2.24) is 0 Å². The molecule has 2 aromatic carbocycles. The van der Waals surface area contributed by atoms with Crippen molar-refractivity contribution in [3.05, 3.63) is 64.7 Å². The molecule has 126 valence electrons. The molecule has 0 radical (unpaired) electrons. The van der Waals surface area contributed by atoms with Crippen molar-refractivity contribution in [3.8, 4) is 5.75 Å². The Kier molecular flexibility index (Phi) is 4.37. The van der Waals surface area contributed by atoms with Crippen LogP contribution in [-0.2, 0) is 15.1 Å². The molecular weight excluding hydrogens is 347 g/mol. The van der Waals surface area contributed by atoms with E-state index in [9.17, 15) is 4.79 Å². The number of hydrogen-bond acceptors (Lipinski definition) is 3. The second-order valence-electron chi connectivity index (χ2n) is 6.81. The van der Waals surface area contributed by atoms with Gasteiger partial charge < -0.3 is 9.47 Å². The smallest absolute Gasteiger partial charge is 0.290 e. The van der Waals surface area contributed by atoms with Crippen molar-refractivity contribution in [2.24, 2.45) is 5.41 Å². The zero-order valence-electron chi connectivity index (χ0n) is 13.7. The van der Waals surface area contributed by atoms with Crippen LogP contribution in [0.4, 0.5) is 0 Å². The molecule has 1 aliphatic heterocycles. The fourth-order valence-electron chi connectivity index (χ4n) is 3.25. The number of ether oxygens (including phenoxy) is 2. The van der Waals surface area contributed by atoms with E-state index in [1.54, 1.807) is 12.1 Å². The summed E-state index contributed by atoms with van der Waals surface area (Å²) >= 11 is 11.9. The summed E-state index contributed by atoms with van der Waals surface area (Å²) in [6.07, 6.45) is -1.18. The van der Waals surface area contributed by atoms with E-state index >= 15 is 0 Å². The highest BCUT2D eigenvalue weighted by Gasteiger charge is 2.53. The molecule has 2 aromatic rings. The molecule has 2 unspecified atom stereocenters. The van der Waals surface area contributed by atoms with E-state index in [-0.39, 0.29) is 0 Å². The Balaban J connectivity index is 2.35. The van der Waals surface area contributed by atoms with E-state index in [1.807, 2.05) is 57.2 Å². The minimum atomic E-state index is -1.18. The second kappa shape index (κ2) is 6.07. The summed E-state index contributed by atoms with van der Waals surface area (Å²) in [6, 6.07) is 15.0. The fourth-order valence-corrected chi connectivity index (χ4v) is 3.51. The zero-order valence-corrected chi connectivity index (χ0v) is 15.2. The lowest BCUT2D eigenvalue weighted by Crippen LogP contribution is -2.51. The largest absolute Gasteiger partial charge is 0.455 e. The molecule has 0 amide bonds. The van der Waals surface area contributed by atoms with Crippen LogP contribution >= 0.6 is 23.2 Å². The lowest BCUT2D eigenvalue weighted by Gasteiger charge is -2.49. The summed E-state index contributed by atoms with van der Waals surface area (Å²) in [5.74, 6) is 0.545. The lowest BCUT2D eigenvalue weighted by molar-refractivity contribution is -0.209. The monoisotopic (exact) mass is 364 g/mol. The summed E-state index contributed by atoms with van der Waals surface area (Å²) in [7, 11) is 0. The van der Waals surface area contributed by atoms with E-state index < -0.39 is 22.5 Å². The standard InChI is InChI=1S/C19H18Cl2O3/c1-18(2,3)19(12-7-5-4-6-8-12)14-11-13(20)9-10-15(14)23-17(24-19)16(21)22/h4-11,17H,1-3H3. The van der Waals surface area contributed by atoms with Gasteiger partial charge in [-0.1, -0.05) is 62.7 Å². The number of hydrogen-bond donors (Lipinski definition) is 0. The van der Waals surface area contributed by atoms with Gasteiger partial charge >= 0.3 is 0 Å². The lowest BCUT2D eigenvalue weighted by atomic mass is 9.67. The number of rotatable bonds is 2. The number of benzene rings is 2. The first-order chi connectivity index (χ1) is 11.3. The second-order valence-corrected chi connectivity index (χ2v) is 7.62. The van der Waals surface area contributed by atoms with Crippen LogP contribution in [0.2, 0.25) is 5.02 Å². The molecule has 0 aliphatic carbocycles. The van der Waals surface area contributed by atoms with Crippen molar-refractivity contribution < 1.29 is 14.3 Å². The van der Waals surface area contributed by atoms with Crippen LogP contribution in [0.25, 0.3) is 0 Å². The van der Waals surface area contributed by atoms with Gasteiger partial charge in [0.15, 0.2) is 0 Å². The fraction of sp³-hybridized carbons (Fsp3) is 0.316. The van der Waals surface area contributed by atoms with E-state index in [0.29, 0.717) is 10.8 Å². The molecule has 0 saturated heterocycles. The van der Waals surface area contributed by atoms with Crippen LogP contribution < -0.4 is 4.74 Å². The summed E-state index contributed by atoms with van der Waals surface area (Å²) in [4.78, 5) is 11.8. The molecule has 2 atom stereocenters. The minimum Gasteiger partial charge on any atom is -0.455 e. The maximum atomic E-state index is 11.8. The Morgan fingerprint density at radius 1 is 1.12 bits per heavy atom. The third-order valence-electron chi connectivity index (χ3n) is 4.26. The van der Waals surface area contributed by atoms with E-state index in [4.69, 9.17) is 32.7 Å². The molecule has 0 saturated carbocycles. The molecule has 0 spiro atoms. The Labute approximate surface area is 151 Å². The molecule has 3 rings (SSSR count). The van der Waals surface area contributed by atoms with Gasteiger partial charge in [0.2, 0.25) is 0 Å². The predicted molar refractivity (Wildman–Crippen MR) is 94.5 cm³/mol. The molecule has 1 aliphatic rings. The average molecular weight is 365 g/mol. The molecule has 3 nitrogen and oxygen atoms in total. The van der Waals surface area contributed by atoms with Gasteiger partial charge in [0.25, 0.3) is 11.5 Å². The van der Waals surface area contributed by atoms with Gasteiger partial charge in [-0.2, -0.15) is 0 Å². The van der Waals surface area contributed by atoms with Crippen LogP contribution in [0.3, 0.4) is 0 Å². The number of carbonyl (C=O) groups is 1. The van der Waals surface area contributed by atoms with Gasteiger partial charge in [-0.25, -0.2) is 0 Å². The summed E-state index contributed by atoms with van der Waals surface area (Å²) < 4.78 is 11.9. The summed E-state index contributed by atoms with van der Waals surface area (Å²) in [5.41, 5.74) is 0.361. The Hall–Kier alpha value is -1.55. The van der Waals surface area contributed by atoms with Crippen molar-refractivity contribution in [3.63, 3.8) is 0 Å². The first-order valence-corrected chi connectivity index (χ1v) is 8.41. The maximum Gasteiger partial charge on any atom is 0.290 e. The quantitative estimate of drug-likeness (QED) is 0.692. The van der Waals surface area contributed by atoms with E-state index in [0.717, 1.165) is 11.1 Å². The number of halogens is 2. The van der Waals surface area contributed by atoms with Crippen molar-refractivity contribution in [2.75, 3.05) is 0 Å². The van der Waals surface area contributed by atoms with E-state index in [2.05, 4.69) is 0 Å².